The topological polar surface area (TPSA) is 64.7 Å². The molecule has 0 aliphatic carbocycles. The Morgan fingerprint density at radius 2 is 1.77 bits per heavy atom. The monoisotopic (exact) mass is 419 g/mol. The summed E-state index contributed by atoms with van der Waals surface area (Å²) in [5, 5.41) is 7.80. The molecule has 0 saturated carbocycles. The highest BCUT2D eigenvalue weighted by Crippen LogP contribution is 2.24. The first-order chi connectivity index (χ1) is 14.7. The minimum absolute atomic E-state index is 0.0221. The van der Waals surface area contributed by atoms with Crippen LogP contribution in [0.3, 0.4) is 0 Å². The number of hydrogen-bond donors (Lipinski definition) is 1. The maximum Gasteiger partial charge on any atom is 0.225 e. The fourth-order valence-electron chi connectivity index (χ4n) is 3.40. The average molecular weight is 420 g/mol. The predicted molar refractivity (Wildman–Crippen MR) is 117 cm³/mol. The number of rotatable bonds is 8. The molecule has 1 amide bonds. The second kappa shape index (κ2) is 9.41. The maximum atomic E-state index is 12.8. The van der Waals surface area contributed by atoms with Gasteiger partial charge in [-0.25, -0.2) is 9.67 Å². The van der Waals surface area contributed by atoms with Gasteiger partial charge in [0.1, 0.15) is 12.7 Å². The molecule has 0 fully saturated rings. The molecule has 6 nitrogen and oxygen atoms in total. The number of halogens is 1. The van der Waals surface area contributed by atoms with Gasteiger partial charge < -0.3 is 9.88 Å². The SMILES string of the molecule is O=C(C[C@@H](Cn1cccc1)c1ccc(Cl)cc1)Nc1ccc(Cn2cncn2)cc1. The average Bonchev–Trinajstić information content (AvgIpc) is 3.44. The van der Waals surface area contributed by atoms with Gasteiger partial charge in [0.15, 0.2) is 0 Å². The standard InChI is InChI=1S/C23H22ClN5O/c24-21-7-5-19(6-8-21)20(15-28-11-1-2-12-28)13-23(30)27-22-9-3-18(4-10-22)14-29-17-25-16-26-29/h1-12,16-17,20H,13-15H2,(H,27,30)/t20-/m0/s1. The van der Waals surface area contributed by atoms with Gasteiger partial charge in [-0.15, -0.1) is 0 Å². The Hall–Kier alpha value is -3.38. The van der Waals surface area contributed by atoms with Gasteiger partial charge in [0, 0.05) is 42.0 Å². The Bertz CT molecular complexity index is 1060. The highest BCUT2D eigenvalue weighted by Gasteiger charge is 2.17. The van der Waals surface area contributed by atoms with Crippen molar-refractivity contribution in [3.05, 3.63) is 102 Å². The zero-order chi connectivity index (χ0) is 20.8. The number of benzene rings is 2. The van der Waals surface area contributed by atoms with Crippen molar-refractivity contribution < 1.29 is 4.79 Å². The molecule has 7 heteroatoms. The Morgan fingerprint density at radius 3 is 2.43 bits per heavy atom. The van der Waals surface area contributed by atoms with Crippen LogP contribution >= 0.6 is 11.6 Å². The number of aromatic nitrogens is 4. The third-order valence-corrected chi connectivity index (χ3v) is 5.17. The van der Waals surface area contributed by atoms with Crippen LogP contribution in [0.4, 0.5) is 5.69 Å². The number of nitrogens with zero attached hydrogens (tertiary/aromatic N) is 4. The fraction of sp³-hybridized carbons (Fsp3) is 0.174. The maximum absolute atomic E-state index is 12.8. The smallest absolute Gasteiger partial charge is 0.225 e. The van der Waals surface area contributed by atoms with Crippen LogP contribution in [-0.2, 0) is 17.9 Å². The lowest BCUT2D eigenvalue weighted by Gasteiger charge is -2.18. The number of carbonyl (C=O) groups is 1. The Labute approximate surface area is 180 Å². The zero-order valence-electron chi connectivity index (χ0n) is 16.4. The van der Waals surface area contributed by atoms with E-state index in [1.54, 1.807) is 11.0 Å². The highest BCUT2D eigenvalue weighted by atomic mass is 35.5. The van der Waals surface area contributed by atoms with Crippen molar-refractivity contribution in [2.45, 2.75) is 25.4 Å². The summed E-state index contributed by atoms with van der Waals surface area (Å²) in [5.74, 6) is 0.0207. The van der Waals surface area contributed by atoms with Gasteiger partial charge in [0.25, 0.3) is 0 Å². The molecule has 152 valence electrons. The number of carbonyl (C=O) groups excluding carboxylic acids is 1. The van der Waals surface area contributed by atoms with Crippen LogP contribution in [0.5, 0.6) is 0 Å². The largest absolute Gasteiger partial charge is 0.354 e. The molecule has 0 spiro atoms. The summed E-state index contributed by atoms with van der Waals surface area (Å²) in [6, 6.07) is 19.5. The molecular weight excluding hydrogens is 398 g/mol. The molecule has 30 heavy (non-hydrogen) atoms. The van der Waals surface area contributed by atoms with Crippen molar-refractivity contribution >= 4 is 23.2 Å². The summed E-state index contributed by atoms with van der Waals surface area (Å²) in [5.41, 5.74) is 2.95. The van der Waals surface area contributed by atoms with Crippen LogP contribution in [0.1, 0.15) is 23.5 Å². The summed E-state index contributed by atoms with van der Waals surface area (Å²) in [6.45, 7) is 1.36. The molecular formula is C23H22ClN5O. The van der Waals surface area contributed by atoms with Crippen LogP contribution in [0.15, 0.2) is 85.7 Å². The predicted octanol–water partition coefficient (Wildman–Crippen LogP) is 4.59. The van der Waals surface area contributed by atoms with E-state index < -0.39 is 0 Å². The normalized spacial score (nSPS) is 11.9. The van der Waals surface area contributed by atoms with Gasteiger partial charge in [0.05, 0.1) is 6.54 Å². The van der Waals surface area contributed by atoms with Gasteiger partial charge in [-0.1, -0.05) is 35.9 Å². The molecule has 1 N–H and O–H groups in total. The van der Waals surface area contributed by atoms with Crippen LogP contribution in [-0.4, -0.2) is 25.2 Å². The van der Waals surface area contributed by atoms with E-state index in [0.717, 1.165) is 23.4 Å². The minimum Gasteiger partial charge on any atom is -0.354 e. The first-order valence-electron chi connectivity index (χ1n) is 9.73. The lowest BCUT2D eigenvalue weighted by molar-refractivity contribution is -0.116. The molecule has 2 aromatic carbocycles. The van der Waals surface area contributed by atoms with E-state index in [4.69, 9.17) is 11.6 Å². The van der Waals surface area contributed by atoms with Crippen molar-refractivity contribution in [2.24, 2.45) is 0 Å². The second-order valence-electron chi connectivity index (χ2n) is 7.17. The first kappa shape index (κ1) is 19.9. The lowest BCUT2D eigenvalue weighted by Crippen LogP contribution is -2.18. The van der Waals surface area contributed by atoms with E-state index in [2.05, 4.69) is 20.0 Å². The van der Waals surface area contributed by atoms with E-state index in [9.17, 15) is 4.79 Å². The molecule has 0 aliphatic rings. The van der Waals surface area contributed by atoms with E-state index in [1.807, 2.05) is 73.1 Å². The number of anilines is 1. The molecule has 4 aromatic rings. The summed E-state index contributed by atoms with van der Waals surface area (Å²) < 4.78 is 3.84. The van der Waals surface area contributed by atoms with Crippen molar-refractivity contribution in [2.75, 3.05) is 5.32 Å². The van der Waals surface area contributed by atoms with Gasteiger partial charge in [-0.3, -0.25) is 4.79 Å². The number of nitrogens with one attached hydrogen (secondary N) is 1. The van der Waals surface area contributed by atoms with Crippen LogP contribution in [0, 0.1) is 0 Å². The highest BCUT2D eigenvalue weighted by molar-refractivity contribution is 6.30. The summed E-state index contributed by atoms with van der Waals surface area (Å²) in [6.07, 6.45) is 7.58. The lowest BCUT2D eigenvalue weighted by atomic mass is 9.95. The number of amides is 1. The Kier molecular flexibility index (Phi) is 6.25. The molecule has 2 aromatic heterocycles. The van der Waals surface area contributed by atoms with E-state index in [-0.39, 0.29) is 11.8 Å². The van der Waals surface area contributed by atoms with Gasteiger partial charge >= 0.3 is 0 Å². The molecule has 4 rings (SSSR count). The van der Waals surface area contributed by atoms with E-state index in [0.29, 0.717) is 18.0 Å². The van der Waals surface area contributed by atoms with Crippen molar-refractivity contribution in [3.8, 4) is 0 Å². The third kappa shape index (κ3) is 5.36. The van der Waals surface area contributed by atoms with Crippen LogP contribution in [0.2, 0.25) is 5.02 Å². The van der Waals surface area contributed by atoms with E-state index in [1.165, 1.54) is 6.33 Å². The van der Waals surface area contributed by atoms with Gasteiger partial charge in [0.2, 0.25) is 5.91 Å². The van der Waals surface area contributed by atoms with Crippen LogP contribution in [0.25, 0.3) is 0 Å². The number of hydrogen-bond acceptors (Lipinski definition) is 3. The molecule has 0 aliphatic heterocycles. The second-order valence-corrected chi connectivity index (χ2v) is 7.61. The summed E-state index contributed by atoms with van der Waals surface area (Å²) in [4.78, 5) is 16.7. The van der Waals surface area contributed by atoms with Gasteiger partial charge in [-0.2, -0.15) is 5.10 Å². The van der Waals surface area contributed by atoms with Gasteiger partial charge in [-0.05, 0) is 47.5 Å². The zero-order valence-corrected chi connectivity index (χ0v) is 17.1. The minimum atomic E-state index is -0.0221. The molecule has 0 radical (unpaired) electrons. The molecule has 1 atom stereocenters. The molecule has 0 bridgehead atoms. The molecule has 2 heterocycles. The van der Waals surface area contributed by atoms with Crippen molar-refractivity contribution in [1.82, 2.24) is 19.3 Å². The molecule has 0 unspecified atom stereocenters. The summed E-state index contributed by atoms with van der Waals surface area (Å²) >= 11 is 6.04. The van der Waals surface area contributed by atoms with Crippen molar-refractivity contribution in [1.29, 1.82) is 0 Å². The fourth-order valence-corrected chi connectivity index (χ4v) is 3.53. The van der Waals surface area contributed by atoms with Crippen LogP contribution < -0.4 is 5.32 Å². The Morgan fingerprint density at radius 1 is 1.03 bits per heavy atom. The molecule has 0 saturated heterocycles. The quantitative estimate of drug-likeness (QED) is 0.454. The van der Waals surface area contributed by atoms with E-state index >= 15 is 0 Å². The third-order valence-electron chi connectivity index (χ3n) is 4.92. The first-order valence-corrected chi connectivity index (χ1v) is 10.1. The summed E-state index contributed by atoms with van der Waals surface area (Å²) in [7, 11) is 0. The van der Waals surface area contributed by atoms with Crippen molar-refractivity contribution in [3.63, 3.8) is 0 Å². The Balaban J connectivity index is 1.41.